The van der Waals surface area contributed by atoms with Crippen LogP contribution in [0.1, 0.15) is 35.6 Å². The number of hydrogen-bond acceptors (Lipinski definition) is 7. The highest BCUT2D eigenvalue weighted by Gasteiger charge is 2.34. The second kappa shape index (κ2) is 10.3. The van der Waals surface area contributed by atoms with Gasteiger partial charge in [0, 0.05) is 13.0 Å². The summed E-state index contributed by atoms with van der Waals surface area (Å²) in [5.41, 5.74) is 2.87. The molecule has 0 fully saturated rings. The van der Waals surface area contributed by atoms with Crippen LogP contribution in [-0.4, -0.2) is 58.9 Å². The maximum atomic E-state index is 13.2. The third kappa shape index (κ3) is 4.59. The molecule has 1 unspecified atom stereocenters. The van der Waals surface area contributed by atoms with Crippen molar-refractivity contribution in [2.45, 2.75) is 25.3 Å². The molecule has 1 aliphatic rings. The van der Waals surface area contributed by atoms with Crippen molar-refractivity contribution in [3.8, 4) is 23.0 Å². The van der Waals surface area contributed by atoms with Gasteiger partial charge in [-0.2, -0.15) is 0 Å². The molecule has 0 spiro atoms. The van der Waals surface area contributed by atoms with E-state index in [0.29, 0.717) is 36.0 Å². The largest absolute Gasteiger partial charge is 0.493 e. The van der Waals surface area contributed by atoms with Crippen molar-refractivity contribution < 1.29 is 33.3 Å². The average Bonchev–Trinajstić information content (AvgIpc) is 2.84. The van der Waals surface area contributed by atoms with Gasteiger partial charge in [-0.1, -0.05) is 6.07 Å². The van der Waals surface area contributed by atoms with Gasteiger partial charge < -0.3 is 28.6 Å². The van der Waals surface area contributed by atoms with Crippen molar-refractivity contribution >= 4 is 11.9 Å². The number of methoxy groups -OCH3 is 5. The molecule has 0 aromatic heterocycles. The van der Waals surface area contributed by atoms with Crippen LogP contribution in [0.2, 0.25) is 0 Å². The van der Waals surface area contributed by atoms with Gasteiger partial charge >= 0.3 is 5.97 Å². The van der Waals surface area contributed by atoms with Crippen LogP contribution < -0.4 is 18.9 Å². The molecule has 0 saturated heterocycles. The number of amides is 1. The van der Waals surface area contributed by atoms with Gasteiger partial charge in [0.05, 0.1) is 48.0 Å². The van der Waals surface area contributed by atoms with Gasteiger partial charge in [0.25, 0.3) is 0 Å². The van der Waals surface area contributed by atoms with E-state index >= 15 is 0 Å². The van der Waals surface area contributed by atoms with Gasteiger partial charge in [-0.05, 0) is 47.4 Å². The van der Waals surface area contributed by atoms with Crippen LogP contribution in [0.5, 0.6) is 23.0 Å². The fourth-order valence-corrected chi connectivity index (χ4v) is 4.05. The molecule has 1 heterocycles. The highest BCUT2D eigenvalue weighted by Crippen LogP contribution is 2.43. The van der Waals surface area contributed by atoms with E-state index in [1.165, 1.54) is 7.11 Å². The topological polar surface area (TPSA) is 83.5 Å². The number of fused-ring (bicyclic) bond motifs is 1. The predicted molar refractivity (Wildman–Crippen MR) is 118 cm³/mol. The van der Waals surface area contributed by atoms with Crippen molar-refractivity contribution in [2.24, 2.45) is 0 Å². The second-order valence-electron chi connectivity index (χ2n) is 7.34. The van der Waals surface area contributed by atoms with Gasteiger partial charge in [-0.3, -0.25) is 9.59 Å². The van der Waals surface area contributed by atoms with E-state index in [2.05, 4.69) is 0 Å². The maximum absolute atomic E-state index is 13.2. The molecule has 1 atom stereocenters. The Bertz CT molecular complexity index is 989. The van der Waals surface area contributed by atoms with Gasteiger partial charge in [0.2, 0.25) is 5.91 Å². The van der Waals surface area contributed by atoms with Crippen LogP contribution in [0.4, 0.5) is 0 Å². The lowest BCUT2D eigenvalue weighted by atomic mass is 9.87. The lowest BCUT2D eigenvalue weighted by Crippen LogP contribution is -2.40. The molecule has 32 heavy (non-hydrogen) atoms. The zero-order valence-electron chi connectivity index (χ0n) is 19.1. The first-order chi connectivity index (χ1) is 15.5. The van der Waals surface area contributed by atoms with Gasteiger partial charge in [-0.25, -0.2) is 0 Å². The zero-order chi connectivity index (χ0) is 23.3. The molecule has 172 valence electrons. The normalized spacial score (nSPS) is 14.9. The molecule has 1 aliphatic heterocycles. The third-order valence-electron chi connectivity index (χ3n) is 5.69. The first-order valence-electron chi connectivity index (χ1n) is 10.3. The lowest BCUT2D eigenvalue weighted by molar-refractivity contribution is -0.144. The molecule has 0 radical (unpaired) electrons. The summed E-state index contributed by atoms with van der Waals surface area (Å²) in [5.74, 6) is 1.85. The number of esters is 1. The fourth-order valence-electron chi connectivity index (χ4n) is 4.05. The van der Waals surface area contributed by atoms with Crippen LogP contribution in [-0.2, 0) is 20.7 Å². The number of benzene rings is 2. The number of carbonyl (C=O) groups excluding carboxylic acids is 2. The molecule has 0 saturated carbocycles. The van der Waals surface area contributed by atoms with E-state index in [-0.39, 0.29) is 24.8 Å². The van der Waals surface area contributed by atoms with Crippen molar-refractivity contribution in [1.82, 2.24) is 4.90 Å². The minimum absolute atomic E-state index is 0.0310. The molecular formula is C24H29NO7. The zero-order valence-corrected chi connectivity index (χ0v) is 19.1. The molecule has 0 N–H and O–H groups in total. The van der Waals surface area contributed by atoms with Crippen LogP contribution in [0, 0.1) is 0 Å². The van der Waals surface area contributed by atoms with Gasteiger partial charge in [-0.15, -0.1) is 0 Å². The third-order valence-corrected chi connectivity index (χ3v) is 5.69. The van der Waals surface area contributed by atoms with Gasteiger partial charge in [0.15, 0.2) is 23.0 Å². The van der Waals surface area contributed by atoms with Crippen LogP contribution >= 0.6 is 0 Å². The number of ether oxygens (including phenoxy) is 5. The summed E-state index contributed by atoms with van der Waals surface area (Å²) < 4.78 is 26.6. The number of carbonyl (C=O) groups is 2. The number of nitrogens with zero attached hydrogens (tertiary/aromatic N) is 1. The highest BCUT2D eigenvalue weighted by molar-refractivity contribution is 5.82. The summed E-state index contributed by atoms with van der Waals surface area (Å²) in [4.78, 5) is 26.6. The lowest BCUT2D eigenvalue weighted by Gasteiger charge is -2.38. The van der Waals surface area contributed by atoms with Crippen LogP contribution in [0.25, 0.3) is 0 Å². The van der Waals surface area contributed by atoms with Gasteiger partial charge in [0.1, 0.15) is 0 Å². The van der Waals surface area contributed by atoms with Crippen molar-refractivity contribution in [2.75, 3.05) is 42.1 Å². The minimum atomic E-state index is -0.412. The number of rotatable bonds is 8. The first-order valence-corrected chi connectivity index (χ1v) is 10.3. The molecular weight excluding hydrogens is 414 g/mol. The van der Waals surface area contributed by atoms with E-state index < -0.39 is 5.97 Å². The monoisotopic (exact) mass is 443 g/mol. The Morgan fingerprint density at radius 1 is 0.844 bits per heavy atom. The Kier molecular flexibility index (Phi) is 7.45. The summed E-state index contributed by atoms with van der Waals surface area (Å²) >= 11 is 0. The maximum Gasteiger partial charge on any atom is 0.306 e. The molecule has 0 bridgehead atoms. The summed E-state index contributed by atoms with van der Waals surface area (Å²) in [6.07, 6.45) is 0.756. The molecule has 0 aliphatic carbocycles. The Hall–Kier alpha value is -3.42. The fraction of sp³-hybridized carbons (Fsp3) is 0.417. The van der Waals surface area contributed by atoms with Crippen molar-refractivity contribution in [3.05, 3.63) is 47.0 Å². The van der Waals surface area contributed by atoms with Crippen molar-refractivity contribution in [3.63, 3.8) is 0 Å². The van der Waals surface area contributed by atoms with E-state index in [9.17, 15) is 9.59 Å². The van der Waals surface area contributed by atoms with E-state index in [4.69, 9.17) is 23.7 Å². The standard InChI is InChI=1S/C24H29NO7/c1-28-18-7-6-16(13-19(18)29-2)24-17-14-21(31-4)20(30-3)12-15(17)10-11-25(24)22(26)8-9-23(27)32-5/h6-7,12-14,24H,8-11H2,1-5H3. The summed E-state index contributed by atoms with van der Waals surface area (Å²) in [6, 6.07) is 9.09. The summed E-state index contributed by atoms with van der Waals surface area (Å²) in [5, 5.41) is 0. The Balaban J connectivity index is 2.09. The minimum Gasteiger partial charge on any atom is -0.493 e. The Morgan fingerprint density at radius 3 is 2.09 bits per heavy atom. The quantitative estimate of drug-likeness (QED) is 0.580. The smallest absolute Gasteiger partial charge is 0.306 e. The van der Waals surface area contributed by atoms with Crippen LogP contribution in [0.3, 0.4) is 0 Å². The molecule has 3 rings (SSSR count). The molecule has 2 aromatic carbocycles. The van der Waals surface area contributed by atoms with E-state index in [1.54, 1.807) is 33.3 Å². The average molecular weight is 443 g/mol. The summed E-state index contributed by atoms with van der Waals surface area (Å²) in [7, 11) is 7.65. The first kappa shape index (κ1) is 23.2. The molecule has 1 amide bonds. The Morgan fingerprint density at radius 2 is 1.47 bits per heavy atom. The molecule has 2 aromatic rings. The molecule has 8 nitrogen and oxygen atoms in total. The van der Waals surface area contributed by atoms with Crippen molar-refractivity contribution in [1.29, 1.82) is 0 Å². The predicted octanol–water partition coefficient (Wildman–Crippen LogP) is 3.15. The number of hydrogen-bond donors (Lipinski definition) is 0. The van der Waals surface area contributed by atoms with Crippen LogP contribution in [0.15, 0.2) is 30.3 Å². The molecule has 8 heteroatoms. The van der Waals surface area contributed by atoms with E-state index in [1.807, 2.05) is 30.3 Å². The SMILES string of the molecule is COC(=O)CCC(=O)N1CCc2cc(OC)c(OC)cc2C1c1ccc(OC)c(OC)c1. The highest BCUT2D eigenvalue weighted by atomic mass is 16.5. The second-order valence-corrected chi connectivity index (χ2v) is 7.34. The van der Waals surface area contributed by atoms with E-state index in [0.717, 1.165) is 16.7 Å². The Labute approximate surface area is 188 Å². The summed E-state index contributed by atoms with van der Waals surface area (Å²) in [6.45, 7) is 0.501.